The summed E-state index contributed by atoms with van der Waals surface area (Å²) in [7, 11) is -2.15. The number of ether oxygens (including phenoxy) is 2. The number of rotatable bonds is 10. The summed E-state index contributed by atoms with van der Waals surface area (Å²) in [6.45, 7) is 13.1. The highest BCUT2D eigenvalue weighted by Crippen LogP contribution is 2.33. The van der Waals surface area contributed by atoms with Crippen LogP contribution in [-0.4, -0.2) is 42.3 Å². The Morgan fingerprint density at radius 1 is 0.955 bits per heavy atom. The van der Waals surface area contributed by atoms with Crippen molar-refractivity contribution < 1.29 is 33.0 Å². The summed E-state index contributed by atoms with van der Waals surface area (Å²) in [5.74, 6) is -1.06. The van der Waals surface area contributed by atoms with Gasteiger partial charge in [0, 0.05) is 11.1 Å². The lowest BCUT2D eigenvalue weighted by Gasteiger charge is -2.18. The molecule has 0 amide bonds. The number of carbonyl (C=O) groups is 2. The van der Waals surface area contributed by atoms with E-state index in [1.807, 2.05) is 0 Å². The van der Waals surface area contributed by atoms with Crippen molar-refractivity contribution in [3.8, 4) is 0 Å². The molecule has 0 rings (SSSR count). The third-order valence-electron chi connectivity index (χ3n) is 2.15. The second kappa shape index (κ2) is 10.5. The van der Waals surface area contributed by atoms with Gasteiger partial charge in [0.1, 0.15) is 12.2 Å². The summed E-state index contributed by atoms with van der Waals surface area (Å²) >= 11 is 0. The molecule has 0 aliphatic heterocycles. The fourth-order valence-corrected chi connectivity index (χ4v) is 1.76. The quantitative estimate of drug-likeness (QED) is 0.372. The van der Waals surface area contributed by atoms with Crippen LogP contribution in [-0.2, 0) is 28.1 Å². The third-order valence-corrected chi connectivity index (χ3v) is 2.89. The highest BCUT2D eigenvalue weighted by Gasteiger charge is 2.16. The zero-order valence-electron chi connectivity index (χ0n) is 13.3. The van der Waals surface area contributed by atoms with Gasteiger partial charge in [-0.2, -0.15) is 0 Å². The van der Waals surface area contributed by atoms with Crippen LogP contribution in [0.3, 0.4) is 0 Å². The largest absolute Gasteiger partial charge is 0.457 e. The molecule has 0 bridgehead atoms. The van der Waals surface area contributed by atoms with E-state index in [0.717, 1.165) is 0 Å². The van der Waals surface area contributed by atoms with Gasteiger partial charge in [0.05, 0.1) is 13.2 Å². The number of hydrogen-bond acceptors (Lipinski definition) is 7. The topological polar surface area (TPSA) is 91.3 Å². The molecule has 0 saturated heterocycles. The molecule has 126 valence electrons. The molecule has 8 heteroatoms. The van der Waals surface area contributed by atoms with Crippen LogP contribution in [0.25, 0.3) is 0 Å². The van der Waals surface area contributed by atoms with E-state index in [1.54, 1.807) is 13.8 Å². The molecule has 0 fully saturated rings. The van der Waals surface area contributed by atoms with Gasteiger partial charge in [-0.05, 0) is 27.7 Å². The maximum absolute atomic E-state index is 11.2. The molecule has 0 aromatic heterocycles. The zero-order valence-corrected chi connectivity index (χ0v) is 14.2. The smallest absolute Gasteiger partial charge is 0.333 e. The molecule has 2 atom stereocenters. The van der Waals surface area contributed by atoms with E-state index in [9.17, 15) is 14.5 Å². The molecule has 22 heavy (non-hydrogen) atoms. The van der Waals surface area contributed by atoms with Gasteiger partial charge in [-0.25, -0.2) is 9.59 Å². The van der Waals surface area contributed by atoms with Crippen molar-refractivity contribution in [1.29, 1.82) is 0 Å². The number of esters is 2. The van der Waals surface area contributed by atoms with Crippen LogP contribution in [0.4, 0.5) is 0 Å². The molecular formula is C14H23O7P. The summed E-state index contributed by atoms with van der Waals surface area (Å²) < 4.78 is 20.0. The average molecular weight is 334 g/mol. The van der Waals surface area contributed by atoms with Gasteiger partial charge in [0.25, 0.3) is 0 Å². The summed E-state index contributed by atoms with van der Waals surface area (Å²) in [6, 6.07) is 0. The monoisotopic (exact) mass is 334 g/mol. The Labute approximate surface area is 131 Å². The lowest BCUT2D eigenvalue weighted by atomic mass is 10.3. The fourth-order valence-electron chi connectivity index (χ4n) is 1.01. The van der Waals surface area contributed by atoms with E-state index in [-0.39, 0.29) is 24.4 Å². The third kappa shape index (κ3) is 9.63. The molecular weight excluding hydrogens is 311 g/mol. The summed E-state index contributed by atoms with van der Waals surface area (Å²) in [6.07, 6.45) is -1.10. The minimum atomic E-state index is -2.15. The predicted octanol–water partition coefficient (Wildman–Crippen LogP) is 2.25. The lowest BCUT2D eigenvalue weighted by molar-refractivity contribution is -0.145. The van der Waals surface area contributed by atoms with E-state index in [2.05, 4.69) is 13.2 Å². The first-order valence-electron chi connectivity index (χ1n) is 6.61. The van der Waals surface area contributed by atoms with Crippen LogP contribution in [0.2, 0.25) is 0 Å². The van der Waals surface area contributed by atoms with Crippen molar-refractivity contribution in [2.45, 2.75) is 39.9 Å². The van der Waals surface area contributed by atoms with Crippen molar-refractivity contribution in [3.05, 3.63) is 24.3 Å². The van der Waals surface area contributed by atoms with Crippen LogP contribution >= 0.6 is 8.60 Å². The first-order chi connectivity index (χ1) is 10.1. The van der Waals surface area contributed by atoms with Crippen molar-refractivity contribution in [2.24, 2.45) is 0 Å². The van der Waals surface area contributed by atoms with E-state index in [4.69, 9.17) is 18.5 Å². The predicted molar refractivity (Wildman–Crippen MR) is 81.8 cm³/mol. The van der Waals surface area contributed by atoms with Crippen LogP contribution in [0.1, 0.15) is 27.7 Å². The van der Waals surface area contributed by atoms with Gasteiger partial charge in [-0.15, -0.1) is 0 Å². The molecule has 0 heterocycles. The van der Waals surface area contributed by atoms with Crippen molar-refractivity contribution in [1.82, 2.24) is 0 Å². The van der Waals surface area contributed by atoms with E-state index in [1.165, 1.54) is 13.8 Å². The van der Waals surface area contributed by atoms with Crippen LogP contribution in [0.5, 0.6) is 0 Å². The molecule has 0 aliphatic carbocycles. The Morgan fingerprint density at radius 3 is 1.55 bits per heavy atom. The van der Waals surface area contributed by atoms with Crippen molar-refractivity contribution in [2.75, 3.05) is 13.2 Å². The molecule has 0 aromatic carbocycles. The van der Waals surface area contributed by atoms with Crippen LogP contribution in [0.15, 0.2) is 24.3 Å². The molecule has 2 unspecified atom stereocenters. The average Bonchev–Trinajstić information content (AvgIpc) is 2.42. The maximum atomic E-state index is 11.2. The Kier molecular flexibility index (Phi) is 9.85. The highest BCUT2D eigenvalue weighted by molar-refractivity contribution is 7.40. The van der Waals surface area contributed by atoms with E-state index in [0.29, 0.717) is 0 Å². The minimum Gasteiger partial charge on any atom is -0.457 e. The second-order valence-corrected chi connectivity index (χ2v) is 5.81. The van der Waals surface area contributed by atoms with E-state index < -0.39 is 32.7 Å². The highest BCUT2D eigenvalue weighted by atomic mass is 31.2. The summed E-state index contributed by atoms with van der Waals surface area (Å²) in [5, 5.41) is 0. The Morgan fingerprint density at radius 2 is 1.27 bits per heavy atom. The molecule has 0 saturated carbocycles. The van der Waals surface area contributed by atoms with E-state index >= 15 is 0 Å². The number of hydrogen-bond donors (Lipinski definition) is 1. The molecule has 0 aromatic rings. The van der Waals surface area contributed by atoms with Gasteiger partial charge >= 0.3 is 20.5 Å². The molecule has 7 nitrogen and oxygen atoms in total. The molecule has 0 radical (unpaired) electrons. The first-order valence-corrected chi connectivity index (χ1v) is 7.74. The second-order valence-electron chi connectivity index (χ2n) is 4.82. The van der Waals surface area contributed by atoms with Crippen LogP contribution < -0.4 is 0 Å². The van der Waals surface area contributed by atoms with Crippen LogP contribution in [0, 0.1) is 0 Å². The van der Waals surface area contributed by atoms with Gasteiger partial charge in [-0.3, -0.25) is 0 Å². The fraction of sp³-hybridized carbons (Fsp3) is 0.571. The summed E-state index contributed by atoms with van der Waals surface area (Å²) in [4.78, 5) is 32.0. The molecule has 0 spiro atoms. The minimum absolute atomic E-state index is 0.0266. The maximum Gasteiger partial charge on any atom is 0.333 e. The number of carbonyl (C=O) groups excluding carboxylic acids is 2. The Bertz CT molecular complexity index is 383. The van der Waals surface area contributed by atoms with Gasteiger partial charge < -0.3 is 23.4 Å². The van der Waals surface area contributed by atoms with Crippen molar-refractivity contribution in [3.63, 3.8) is 0 Å². The van der Waals surface area contributed by atoms with Gasteiger partial charge in [-0.1, -0.05) is 13.2 Å². The van der Waals surface area contributed by atoms with Gasteiger partial charge in [0.15, 0.2) is 0 Å². The Hall–Kier alpha value is -1.27. The normalized spacial score (nSPS) is 14.6. The standard InChI is InChI=1S/C14H23O7P/c1-9(2)13(15)20-11(5)7-18-22(17)19-8-12(6)21-14(16)10(3)4/h11-12,17H,1,3,7-8H2,2,4-6H3. The zero-order chi connectivity index (χ0) is 17.3. The first kappa shape index (κ1) is 20.7. The lowest BCUT2D eigenvalue weighted by Crippen LogP contribution is -2.21. The van der Waals surface area contributed by atoms with Crippen molar-refractivity contribution >= 4 is 20.5 Å². The molecule has 0 aliphatic rings. The summed E-state index contributed by atoms with van der Waals surface area (Å²) in [5.41, 5.74) is 0.560. The SMILES string of the molecule is C=C(C)C(=O)OC(C)COP(O)OCC(C)OC(=O)C(=C)C. The van der Waals surface area contributed by atoms with Gasteiger partial charge in [0.2, 0.25) is 0 Å². The Balaban J connectivity index is 3.92. The molecule has 1 N–H and O–H groups in total.